The van der Waals surface area contributed by atoms with Gasteiger partial charge in [-0.05, 0) is 31.4 Å². The van der Waals surface area contributed by atoms with Crippen molar-refractivity contribution < 1.29 is 9.53 Å². The van der Waals surface area contributed by atoms with Crippen molar-refractivity contribution in [3.63, 3.8) is 0 Å². The quantitative estimate of drug-likeness (QED) is 0.802. The van der Waals surface area contributed by atoms with Crippen LogP contribution in [-0.4, -0.2) is 54.1 Å². The summed E-state index contributed by atoms with van der Waals surface area (Å²) in [5.41, 5.74) is 1.25. The van der Waals surface area contributed by atoms with E-state index in [2.05, 4.69) is 39.0 Å². The normalized spacial score (nSPS) is 22.1. The molecule has 1 aromatic carbocycles. The topological polar surface area (TPSA) is 32.8 Å². The van der Waals surface area contributed by atoms with Gasteiger partial charge in [-0.2, -0.15) is 0 Å². The van der Waals surface area contributed by atoms with Crippen molar-refractivity contribution in [1.82, 2.24) is 9.80 Å². The van der Waals surface area contributed by atoms with Gasteiger partial charge in [-0.1, -0.05) is 34.1 Å². The van der Waals surface area contributed by atoms with E-state index >= 15 is 0 Å². The molecule has 0 radical (unpaired) electrons. The van der Waals surface area contributed by atoms with Gasteiger partial charge < -0.3 is 9.64 Å². The molecule has 1 aromatic rings. The molecular formula is C17H23BrN2O2. The van der Waals surface area contributed by atoms with E-state index < -0.39 is 0 Å². The number of hydrogen-bond acceptors (Lipinski definition) is 3. The third kappa shape index (κ3) is 4.09. The van der Waals surface area contributed by atoms with Crippen molar-refractivity contribution in [3.8, 4) is 0 Å². The van der Waals surface area contributed by atoms with Gasteiger partial charge in [0.15, 0.2) is 0 Å². The van der Waals surface area contributed by atoms with Crippen LogP contribution in [0.5, 0.6) is 0 Å². The number of halogens is 1. The molecule has 120 valence electrons. The molecule has 1 saturated heterocycles. The predicted molar refractivity (Wildman–Crippen MR) is 89.6 cm³/mol. The molecule has 1 saturated carbocycles. The van der Waals surface area contributed by atoms with Crippen LogP contribution in [0.25, 0.3) is 0 Å². The number of benzene rings is 1. The van der Waals surface area contributed by atoms with Crippen LogP contribution in [0.15, 0.2) is 28.7 Å². The van der Waals surface area contributed by atoms with Crippen LogP contribution in [0.3, 0.4) is 0 Å². The van der Waals surface area contributed by atoms with E-state index in [1.807, 2.05) is 17.9 Å². The zero-order chi connectivity index (χ0) is 15.5. The second-order valence-electron chi connectivity index (χ2n) is 6.25. The van der Waals surface area contributed by atoms with Gasteiger partial charge in [-0.3, -0.25) is 9.69 Å². The molecule has 3 rings (SSSR count). The highest BCUT2D eigenvalue weighted by atomic mass is 79.9. The van der Waals surface area contributed by atoms with E-state index in [1.54, 1.807) is 0 Å². The molecule has 0 unspecified atom stereocenters. The van der Waals surface area contributed by atoms with Crippen molar-refractivity contribution in [1.29, 1.82) is 0 Å². The number of carbonyl (C=O) groups excluding carboxylic acids is 1. The zero-order valence-corrected chi connectivity index (χ0v) is 14.6. The van der Waals surface area contributed by atoms with Gasteiger partial charge in [0.05, 0.1) is 19.3 Å². The zero-order valence-electron chi connectivity index (χ0n) is 13.0. The number of hydrogen-bond donors (Lipinski definition) is 0. The lowest BCUT2D eigenvalue weighted by atomic mass is 10.2. The molecule has 0 bridgehead atoms. The summed E-state index contributed by atoms with van der Waals surface area (Å²) in [6.45, 7) is 5.46. The molecule has 4 nitrogen and oxygen atoms in total. The fourth-order valence-electron chi connectivity index (χ4n) is 2.92. The van der Waals surface area contributed by atoms with Crippen molar-refractivity contribution in [2.75, 3.05) is 26.2 Å². The molecule has 1 heterocycles. The monoisotopic (exact) mass is 366 g/mol. The number of nitrogens with zero attached hydrogens (tertiary/aromatic N) is 2. The first-order valence-corrected chi connectivity index (χ1v) is 8.79. The highest BCUT2D eigenvalue weighted by Crippen LogP contribution is 2.29. The standard InChI is InChI=1S/C17H23BrN2O2/c1-13-10-19(8-9-22-13)17(21)12-20(15-6-7-15)11-14-4-2-3-5-16(14)18/h2-5,13,15H,6-12H2,1H3/t13-/m1/s1. The summed E-state index contributed by atoms with van der Waals surface area (Å²) in [5.74, 6) is 0.231. The first-order chi connectivity index (χ1) is 10.6. The molecule has 2 fully saturated rings. The summed E-state index contributed by atoms with van der Waals surface area (Å²) >= 11 is 3.61. The van der Waals surface area contributed by atoms with Crippen LogP contribution in [0, 0.1) is 0 Å². The lowest BCUT2D eigenvalue weighted by molar-refractivity contribution is -0.139. The SMILES string of the molecule is C[C@@H]1CN(C(=O)CN(Cc2ccccc2Br)C2CC2)CCO1. The lowest BCUT2D eigenvalue weighted by Gasteiger charge is -2.33. The Bertz CT molecular complexity index is 533. The predicted octanol–water partition coefficient (Wildman–Crippen LogP) is 2.66. The fraction of sp³-hybridized carbons (Fsp3) is 0.588. The number of morpholine rings is 1. The van der Waals surface area contributed by atoms with Gasteiger partial charge >= 0.3 is 0 Å². The Morgan fingerprint density at radius 1 is 1.41 bits per heavy atom. The van der Waals surface area contributed by atoms with Crippen LogP contribution in [0.2, 0.25) is 0 Å². The molecule has 22 heavy (non-hydrogen) atoms. The minimum Gasteiger partial charge on any atom is -0.375 e. The number of carbonyl (C=O) groups is 1. The number of amides is 1. The molecule has 1 aliphatic carbocycles. The van der Waals surface area contributed by atoms with Gasteiger partial charge in [0.25, 0.3) is 0 Å². The van der Waals surface area contributed by atoms with Crippen LogP contribution in [0.4, 0.5) is 0 Å². The van der Waals surface area contributed by atoms with E-state index in [9.17, 15) is 4.79 Å². The number of rotatable bonds is 5. The molecule has 0 N–H and O–H groups in total. The van der Waals surface area contributed by atoms with E-state index in [0.29, 0.717) is 25.7 Å². The highest BCUT2D eigenvalue weighted by molar-refractivity contribution is 9.10. The molecule has 0 aromatic heterocycles. The first kappa shape index (κ1) is 16.0. The van der Waals surface area contributed by atoms with Gasteiger partial charge in [0, 0.05) is 30.1 Å². The molecule has 5 heteroatoms. The van der Waals surface area contributed by atoms with Crippen LogP contribution < -0.4 is 0 Å². The Kier molecular flexibility index (Phi) is 5.16. The Hall–Kier alpha value is -0.910. The molecule has 0 spiro atoms. The fourth-order valence-corrected chi connectivity index (χ4v) is 3.33. The van der Waals surface area contributed by atoms with Gasteiger partial charge in [0.1, 0.15) is 0 Å². The third-order valence-electron chi connectivity index (χ3n) is 4.33. The summed E-state index contributed by atoms with van der Waals surface area (Å²) in [5, 5.41) is 0. The Morgan fingerprint density at radius 3 is 2.86 bits per heavy atom. The maximum atomic E-state index is 12.6. The van der Waals surface area contributed by atoms with Crippen molar-refractivity contribution in [2.24, 2.45) is 0 Å². The van der Waals surface area contributed by atoms with Crippen molar-refractivity contribution in [3.05, 3.63) is 34.3 Å². The van der Waals surface area contributed by atoms with E-state index in [-0.39, 0.29) is 12.0 Å². The second kappa shape index (κ2) is 7.11. The maximum Gasteiger partial charge on any atom is 0.236 e. The molecule has 1 atom stereocenters. The van der Waals surface area contributed by atoms with Crippen molar-refractivity contribution in [2.45, 2.75) is 38.5 Å². The van der Waals surface area contributed by atoms with Crippen molar-refractivity contribution >= 4 is 21.8 Å². The summed E-state index contributed by atoms with van der Waals surface area (Å²) in [6, 6.07) is 8.83. The molecule has 1 aliphatic heterocycles. The second-order valence-corrected chi connectivity index (χ2v) is 7.10. The molecule has 1 amide bonds. The molecule has 2 aliphatic rings. The average molecular weight is 367 g/mol. The average Bonchev–Trinajstić information content (AvgIpc) is 3.33. The minimum atomic E-state index is 0.148. The summed E-state index contributed by atoms with van der Waals surface area (Å²) in [4.78, 5) is 16.8. The van der Waals surface area contributed by atoms with E-state index in [0.717, 1.165) is 17.6 Å². The number of ether oxygens (including phenoxy) is 1. The van der Waals surface area contributed by atoms with Crippen LogP contribution in [0.1, 0.15) is 25.3 Å². The summed E-state index contributed by atoms with van der Waals surface area (Å²) in [7, 11) is 0. The van der Waals surface area contributed by atoms with Gasteiger partial charge in [-0.15, -0.1) is 0 Å². The lowest BCUT2D eigenvalue weighted by Crippen LogP contribution is -2.48. The first-order valence-electron chi connectivity index (χ1n) is 8.00. The van der Waals surface area contributed by atoms with Gasteiger partial charge in [-0.25, -0.2) is 0 Å². The Balaban J connectivity index is 1.62. The molecular weight excluding hydrogens is 344 g/mol. The van der Waals surface area contributed by atoms with E-state index in [1.165, 1.54) is 18.4 Å². The Labute approximate surface area is 140 Å². The van der Waals surface area contributed by atoms with Gasteiger partial charge in [0.2, 0.25) is 5.91 Å². The van der Waals surface area contributed by atoms with Crippen LogP contribution in [-0.2, 0) is 16.1 Å². The van der Waals surface area contributed by atoms with Crippen LogP contribution >= 0.6 is 15.9 Å². The summed E-state index contributed by atoms with van der Waals surface area (Å²) in [6.07, 6.45) is 2.56. The minimum absolute atomic E-state index is 0.148. The third-order valence-corrected chi connectivity index (χ3v) is 5.10. The highest BCUT2D eigenvalue weighted by Gasteiger charge is 2.32. The maximum absolute atomic E-state index is 12.6. The summed E-state index contributed by atoms with van der Waals surface area (Å²) < 4.78 is 6.64. The smallest absolute Gasteiger partial charge is 0.236 e. The Morgan fingerprint density at radius 2 is 2.18 bits per heavy atom. The largest absolute Gasteiger partial charge is 0.375 e. The van der Waals surface area contributed by atoms with E-state index in [4.69, 9.17) is 4.74 Å².